The first-order valence-electron chi connectivity index (χ1n) is 6.11. The third kappa shape index (κ3) is 2.97. The van der Waals surface area contributed by atoms with Crippen LogP contribution < -0.4 is 16.6 Å². The Balaban J connectivity index is 2.26. The molecule has 1 heterocycles. The van der Waals surface area contributed by atoms with Crippen LogP contribution in [0.4, 0.5) is 5.69 Å². The number of carbonyl (C=O) groups excluding carboxylic acids is 2. The molecule has 7 heteroatoms. The van der Waals surface area contributed by atoms with Crippen molar-refractivity contribution in [3.05, 3.63) is 62.4 Å². The predicted molar refractivity (Wildman–Crippen MR) is 76.7 cm³/mol. The molecule has 0 bridgehead atoms. The molecule has 0 aliphatic carbocycles. The maximum atomic E-state index is 12.0. The summed E-state index contributed by atoms with van der Waals surface area (Å²) < 4.78 is 0.813. The summed E-state index contributed by atoms with van der Waals surface area (Å²) in [7, 11) is 1.28. The zero-order valence-electron chi connectivity index (χ0n) is 11.5. The van der Waals surface area contributed by atoms with Crippen molar-refractivity contribution in [2.45, 2.75) is 6.92 Å². The van der Waals surface area contributed by atoms with Gasteiger partial charge in [0.15, 0.2) is 5.78 Å². The molecule has 0 fully saturated rings. The molecule has 2 N–H and O–H groups in total. The molecule has 2 aromatic rings. The lowest BCUT2D eigenvalue weighted by molar-refractivity contribution is 0.101. The fourth-order valence-electron chi connectivity index (χ4n) is 1.71. The quantitative estimate of drug-likeness (QED) is 0.804. The van der Waals surface area contributed by atoms with Crippen LogP contribution >= 0.6 is 0 Å². The number of hydrogen-bond donors (Lipinski definition) is 2. The highest BCUT2D eigenvalue weighted by Gasteiger charge is 2.13. The number of amides is 1. The molecule has 1 aromatic carbocycles. The van der Waals surface area contributed by atoms with E-state index in [1.807, 2.05) is 0 Å². The maximum absolute atomic E-state index is 12.0. The lowest BCUT2D eigenvalue weighted by Crippen LogP contribution is -2.37. The van der Waals surface area contributed by atoms with Crippen LogP contribution in [0.25, 0.3) is 0 Å². The summed E-state index contributed by atoms with van der Waals surface area (Å²) >= 11 is 0. The van der Waals surface area contributed by atoms with Crippen molar-refractivity contribution in [2.75, 3.05) is 5.32 Å². The second-order valence-corrected chi connectivity index (χ2v) is 4.46. The summed E-state index contributed by atoms with van der Waals surface area (Å²) in [6.45, 7) is 1.44. The van der Waals surface area contributed by atoms with Gasteiger partial charge in [0.1, 0.15) is 5.56 Å². The largest absolute Gasteiger partial charge is 0.328 e. The molecule has 21 heavy (non-hydrogen) atoms. The number of H-pyrrole nitrogens is 1. The highest BCUT2D eigenvalue weighted by Crippen LogP contribution is 2.10. The van der Waals surface area contributed by atoms with Gasteiger partial charge in [-0.05, 0) is 31.2 Å². The van der Waals surface area contributed by atoms with Gasteiger partial charge in [0.05, 0.1) is 0 Å². The maximum Gasteiger partial charge on any atom is 0.328 e. The van der Waals surface area contributed by atoms with Gasteiger partial charge in [-0.2, -0.15) is 0 Å². The van der Waals surface area contributed by atoms with Gasteiger partial charge in [0.2, 0.25) is 0 Å². The Morgan fingerprint density at radius 3 is 2.33 bits per heavy atom. The lowest BCUT2D eigenvalue weighted by atomic mass is 10.1. The van der Waals surface area contributed by atoms with Crippen LogP contribution in [0.2, 0.25) is 0 Å². The molecular formula is C14H13N3O4. The number of aromatic nitrogens is 2. The fraction of sp³-hybridized carbons (Fsp3) is 0.143. The molecule has 0 radical (unpaired) electrons. The third-order valence-corrected chi connectivity index (χ3v) is 2.97. The Hall–Kier alpha value is -2.96. The number of ketones is 1. The topological polar surface area (TPSA) is 101 Å². The highest BCUT2D eigenvalue weighted by atomic mass is 16.2. The van der Waals surface area contributed by atoms with Gasteiger partial charge in [-0.25, -0.2) is 4.79 Å². The number of aromatic amines is 1. The summed E-state index contributed by atoms with van der Waals surface area (Å²) in [6.07, 6.45) is 1.07. The minimum Gasteiger partial charge on any atom is -0.322 e. The molecule has 1 aromatic heterocycles. The summed E-state index contributed by atoms with van der Waals surface area (Å²) in [6, 6.07) is 6.27. The van der Waals surface area contributed by atoms with Crippen molar-refractivity contribution in [1.82, 2.24) is 9.55 Å². The predicted octanol–water partition coefficient (Wildman–Crippen LogP) is 0.528. The standard InChI is InChI=1S/C14H13N3O4/c1-8(18)9-3-5-10(6-4-9)16-12(19)11-7-15-14(21)17(2)13(11)20/h3-7H,1-2H3,(H,15,21)(H,16,19). The van der Waals surface area contributed by atoms with Crippen molar-refractivity contribution in [1.29, 1.82) is 0 Å². The van der Waals surface area contributed by atoms with Crippen LogP contribution in [0.1, 0.15) is 27.6 Å². The number of rotatable bonds is 3. The number of nitrogens with zero attached hydrogens (tertiary/aromatic N) is 1. The highest BCUT2D eigenvalue weighted by molar-refractivity contribution is 6.04. The van der Waals surface area contributed by atoms with Gasteiger partial charge in [-0.3, -0.25) is 19.0 Å². The van der Waals surface area contributed by atoms with Gasteiger partial charge in [0, 0.05) is 24.5 Å². The van der Waals surface area contributed by atoms with Crippen molar-refractivity contribution in [3.8, 4) is 0 Å². The zero-order valence-corrected chi connectivity index (χ0v) is 11.5. The Morgan fingerprint density at radius 2 is 1.76 bits per heavy atom. The monoisotopic (exact) mass is 287 g/mol. The summed E-state index contributed by atoms with van der Waals surface area (Å²) in [5.41, 5.74) is -0.488. The van der Waals surface area contributed by atoms with E-state index in [9.17, 15) is 19.2 Å². The number of carbonyl (C=O) groups is 2. The number of benzene rings is 1. The average Bonchev–Trinajstić information content (AvgIpc) is 2.45. The SMILES string of the molecule is CC(=O)c1ccc(NC(=O)c2c[nH]c(=O)n(C)c2=O)cc1. The fourth-order valence-corrected chi connectivity index (χ4v) is 1.71. The van der Waals surface area contributed by atoms with Gasteiger partial charge >= 0.3 is 5.69 Å². The van der Waals surface area contributed by atoms with E-state index in [4.69, 9.17) is 0 Å². The molecule has 0 unspecified atom stereocenters. The van der Waals surface area contributed by atoms with Crippen LogP contribution in [0.3, 0.4) is 0 Å². The van der Waals surface area contributed by atoms with E-state index in [1.54, 1.807) is 24.3 Å². The van der Waals surface area contributed by atoms with Crippen LogP contribution in [0.5, 0.6) is 0 Å². The Bertz CT molecular complexity index is 815. The first-order chi connectivity index (χ1) is 9.90. The molecule has 0 saturated heterocycles. The van der Waals surface area contributed by atoms with E-state index >= 15 is 0 Å². The van der Waals surface area contributed by atoms with Crippen LogP contribution in [-0.2, 0) is 7.05 Å². The number of Topliss-reactive ketones (excluding diaryl/α,β-unsaturated/α-hetero) is 1. The lowest BCUT2D eigenvalue weighted by Gasteiger charge is -2.06. The van der Waals surface area contributed by atoms with E-state index in [2.05, 4.69) is 10.3 Å². The van der Waals surface area contributed by atoms with E-state index < -0.39 is 17.2 Å². The zero-order chi connectivity index (χ0) is 15.6. The van der Waals surface area contributed by atoms with Crippen LogP contribution in [0, 0.1) is 0 Å². The first-order valence-corrected chi connectivity index (χ1v) is 6.11. The van der Waals surface area contributed by atoms with Crippen molar-refractivity contribution in [2.24, 2.45) is 7.05 Å². The van der Waals surface area contributed by atoms with Crippen molar-refractivity contribution in [3.63, 3.8) is 0 Å². The minimum absolute atomic E-state index is 0.0811. The molecule has 1 amide bonds. The third-order valence-electron chi connectivity index (χ3n) is 2.97. The summed E-state index contributed by atoms with van der Waals surface area (Å²) in [4.78, 5) is 48.5. The molecule has 0 spiro atoms. The molecule has 0 aliphatic heterocycles. The Morgan fingerprint density at radius 1 is 1.14 bits per heavy atom. The normalized spacial score (nSPS) is 10.2. The summed E-state index contributed by atoms with van der Waals surface area (Å²) in [5, 5.41) is 2.53. The minimum atomic E-state index is -0.684. The van der Waals surface area contributed by atoms with Crippen LogP contribution in [0.15, 0.2) is 40.1 Å². The molecule has 7 nitrogen and oxygen atoms in total. The molecule has 0 aliphatic rings. The first kappa shape index (κ1) is 14.4. The second-order valence-electron chi connectivity index (χ2n) is 4.46. The van der Waals surface area contributed by atoms with Crippen LogP contribution in [-0.4, -0.2) is 21.2 Å². The Kier molecular flexibility index (Phi) is 3.84. The molecule has 2 rings (SSSR count). The van der Waals surface area contributed by atoms with E-state index in [1.165, 1.54) is 14.0 Å². The molecule has 108 valence electrons. The molecular weight excluding hydrogens is 274 g/mol. The number of nitrogens with one attached hydrogen (secondary N) is 2. The number of anilines is 1. The van der Waals surface area contributed by atoms with E-state index in [0.717, 1.165) is 10.8 Å². The van der Waals surface area contributed by atoms with Gasteiger partial charge in [-0.1, -0.05) is 0 Å². The van der Waals surface area contributed by atoms with Gasteiger partial charge < -0.3 is 10.3 Å². The van der Waals surface area contributed by atoms with Gasteiger partial charge in [0.25, 0.3) is 11.5 Å². The number of hydrogen-bond acceptors (Lipinski definition) is 4. The smallest absolute Gasteiger partial charge is 0.322 e. The van der Waals surface area contributed by atoms with E-state index in [0.29, 0.717) is 11.3 Å². The molecule has 0 atom stereocenters. The Labute approximate surface area is 119 Å². The van der Waals surface area contributed by atoms with Crippen molar-refractivity contribution >= 4 is 17.4 Å². The summed E-state index contributed by atoms with van der Waals surface area (Å²) in [5.74, 6) is -0.718. The average molecular weight is 287 g/mol. The second kappa shape index (κ2) is 5.58. The molecule has 0 saturated carbocycles. The van der Waals surface area contributed by atoms with E-state index in [-0.39, 0.29) is 11.3 Å². The van der Waals surface area contributed by atoms with Gasteiger partial charge in [-0.15, -0.1) is 0 Å². The van der Waals surface area contributed by atoms with Crippen molar-refractivity contribution < 1.29 is 9.59 Å².